The third kappa shape index (κ3) is 6.17. The van der Waals surface area contributed by atoms with Crippen molar-refractivity contribution < 1.29 is 14.4 Å². The minimum Gasteiger partial charge on any atom is -0.352 e. The van der Waals surface area contributed by atoms with Gasteiger partial charge in [-0.05, 0) is 44.7 Å². The molecule has 0 unspecified atom stereocenters. The van der Waals surface area contributed by atoms with E-state index in [1.165, 1.54) is 0 Å². The Labute approximate surface area is 156 Å². The van der Waals surface area contributed by atoms with Crippen LogP contribution in [0.2, 0.25) is 0 Å². The van der Waals surface area contributed by atoms with Gasteiger partial charge in [0.05, 0.1) is 0 Å². The first-order chi connectivity index (χ1) is 12.2. The quantitative estimate of drug-likeness (QED) is 0.663. The van der Waals surface area contributed by atoms with Gasteiger partial charge in [-0.2, -0.15) is 0 Å². The zero-order chi connectivity index (χ0) is 19.9. The highest BCUT2D eigenvalue weighted by Crippen LogP contribution is 2.09. The van der Waals surface area contributed by atoms with Gasteiger partial charge in [0.25, 0.3) is 5.91 Å². The Balaban J connectivity index is 2.77. The lowest BCUT2D eigenvalue weighted by molar-refractivity contribution is -0.130. The van der Waals surface area contributed by atoms with Crippen molar-refractivity contribution in [2.45, 2.75) is 66.1 Å². The minimum atomic E-state index is -0.721. The Kier molecular flexibility index (Phi) is 8.29. The van der Waals surface area contributed by atoms with E-state index in [1.807, 2.05) is 46.8 Å². The summed E-state index contributed by atoms with van der Waals surface area (Å²) in [5, 5.41) is 8.32. The van der Waals surface area contributed by atoms with E-state index >= 15 is 0 Å². The standard InChI is InChI=1S/C20H31N3O3/c1-7-14(5)21-18(24)15(6)22-20(26)17(12(2)3)23-19(25)16-11-9-8-10-13(16)4/h8-12,14-15,17H,7H2,1-6H3,(H,21,24)(H,22,26)(H,23,25)/t14-,15-,17+/m0/s1. The second-order valence-corrected chi connectivity index (χ2v) is 7.06. The van der Waals surface area contributed by atoms with Crippen LogP contribution in [0.1, 0.15) is 57.0 Å². The second-order valence-electron chi connectivity index (χ2n) is 7.06. The molecule has 26 heavy (non-hydrogen) atoms. The molecular weight excluding hydrogens is 330 g/mol. The van der Waals surface area contributed by atoms with E-state index in [0.29, 0.717) is 5.56 Å². The maximum Gasteiger partial charge on any atom is 0.252 e. The highest BCUT2D eigenvalue weighted by Gasteiger charge is 2.27. The number of nitrogens with one attached hydrogen (secondary N) is 3. The van der Waals surface area contributed by atoms with Crippen molar-refractivity contribution in [2.24, 2.45) is 5.92 Å². The molecule has 0 spiro atoms. The molecule has 3 N–H and O–H groups in total. The molecule has 0 radical (unpaired) electrons. The van der Waals surface area contributed by atoms with Crippen molar-refractivity contribution in [3.8, 4) is 0 Å². The summed E-state index contributed by atoms with van der Waals surface area (Å²) in [7, 11) is 0. The number of hydrogen-bond acceptors (Lipinski definition) is 3. The van der Waals surface area contributed by atoms with Crippen LogP contribution in [0.15, 0.2) is 24.3 Å². The van der Waals surface area contributed by atoms with Gasteiger partial charge in [0.2, 0.25) is 11.8 Å². The first-order valence-electron chi connectivity index (χ1n) is 9.14. The summed E-state index contributed by atoms with van der Waals surface area (Å²) in [6, 6.07) is 5.87. The van der Waals surface area contributed by atoms with Crippen molar-refractivity contribution in [1.29, 1.82) is 0 Å². The molecule has 0 aromatic heterocycles. The molecule has 0 saturated carbocycles. The van der Waals surface area contributed by atoms with E-state index in [9.17, 15) is 14.4 Å². The highest BCUT2D eigenvalue weighted by atomic mass is 16.2. The Morgan fingerprint density at radius 1 is 0.923 bits per heavy atom. The normalized spacial score (nSPS) is 14.3. The lowest BCUT2D eigenvalue weighted by Gasteiger charge is -2.24. The first-order valence-corrected chi connectivity index (χ1v) is 9.14. The van der Waals surface area contributed by atoms with Gasteiger partial charge >= 0.3 is 0 Å². The van der Waals surface area contributed by atoms with Gasteiger partial charge in [0, 0.05) is 11.6 Å². The lowest BCUT2D eigenvalue weighted by atomic mass is 10.0. The van der Waals surface area contributed by atoms with Gasteiger partial charge in [-0.1, -0.05) is 39.0 Å². The number of aryl methyl sites for hydroxylation is 1. The molecule has 6 nitrogen and oxygen atoms in total. The highest BCUT2D eigenvalue weighted by molar-refractivity contribution is 5.99. The topological polar surface area (TPSA) is 87.3 Å². The van der Waals surface area contributed by atoms with Gasteiger partial charge in [0.15, 0.2) is 0 Å². The number of rotatable bonds is 8. The SMILES string of the molecule is CC[C@H](C)NC(=O)[C@H](C)NC(=O)[C@H](NC(=O)c1ccccc1C)C(C)C. The van der Waals surface area contributed by atoms with Crippen LogP contribution in [-0.2, 0) is 9.59 Å². The van der Waals surface area contributed by atoms with Crippen molar-refractivity contribution in [2.75, 3.05) is 0 Å². The van der Waals surface area contributed by atoms with E-state index in [4.69, 9.17) is 0 Å². The number of carbonyl (C=O) groups is 3. The number of carbonyl (C=O) groups excluding carboxylic acids is 3. The molecule has 0 aliphatic carbocycles. The summed E-state index contributed by atoms with van der Waals surface area (Å²) in [6.45, 7) is 11.1. The van der Waals surface area contributed by atoms with Crippen LogP contribution in [-0.4, -0.2) is 35.8 Å². The van der Waals surface area contributed by atoms with Crippen molar-refractivity contribution in [3.63, 3.8) is 0 Å². The lowest BCUT2D eigenvalue weighted by Crippen LogP contribution is -2.55. The maximum absolute atomic E-state index is 12.6. The second kappa shape index (κ2) is 9.94. The molecular formula is C20H31N3O3. The van der Waals surface area contributed by atoms with Crippen LogP contribution in [0.3, 0.4) is 0 Å². The molecule has 1 aromatic carbocycles. The van der Waals surface area contributed by atoms with Crippen molar-refractivity contribution >= 4 is 17.7 Å². The Morgan fingerprint density at radius 2 is 1.54 bits per heavy atom. The maximum atomic E-state index is 12.6. The predicted octanol–water partition coefficient (Wildman–Crippen LogP) is 2.17. The average molecular weight is 361 g/mol. The first kappa shape index (κ1) is 21.7. The Morgan fingerprint density at radius 3 is 2.08 bits per heavy atom. The van der Waals surface area contributed by atoms with Crippen molar-refractivity contribution in [3.05, 3.63) is 35.4 Å². The summed E-state index contributed by atoms with van der Waals surface area (Å²) in [5.74, 6) is -1.02. The number of hydrogen-bond donors (Lipinski definition) is 3. The fourth-order valence-electron chi connectivity index (χ4n) is 2.42. The molecule has 1 rings (SSSR count). The van der Waals surface area contributed by atoms with Gasteiger partial charge in [0.1, 0.15) is 12.1 Å². The fourth-order valence-corrected chi connectivity index (χ4v) is 2.42. The molecule has 3 amide bonds. The molecule has 0 saturated heterocycles. The molecule has 6 heteroatoms. The molecule has 0 bridgehead atoms. The summed E-state index contributed by atoms with van der Waals surface area (Å²) in [4.78, 5) is 37.2. The summed E-state index contributed by atoms with van der Waals surface area (Å²) >= 11 is 0. The van der Waals surface area contributed by atoms with E-state index in [1.54, 1.807) is 19.1 Å². The summed E-state index contributed by atoms with van der Waals surface area (Å²) in [5.41, 5.74) is 1.38. The zero-order valence-corrected chi connectivity index (χ0v) is 16.6. The predicted molar refractivity (Wildman–Crippen MR) is 103 cm³/mol. The Hall–Kier alpha value is -2.37. The molecule has 3 atom stereocenters. The Bertz CT molecular complexity index is 643. The zero-order valence-electron chi connectivity index (χ0n) is 16.6. The van der Waals surface area contributed by atoms with E-state index < -0.39 is 12.1 Å². The van der Waals surface area contributed by atoms with Crippen LogP contribution < -0.4 is 16.0 Å². The molecule has 0 heterocycles. The molecule has 144 valence electrons. The average Bonchev–Trinajstić information content (AvgIpc) is 2.58. The molecule has 0 fully saturated rings. The monoisotopic (exact) mass is 361 g/mol. The fraction of sp³-hybridized carbons (Fsp3) is 0.550. The number of amides is 3. The third-order valence-electron chi connectivity index (χ3n) is 4.38. The van der Waals surface area contributed by atoms with Crippen LogP contribution >= 0.6 is 0 Å². The van der Waals surface area contributed by atoms with Crippen LogP contribution in [0.4, 0.5) is 0 Å². The van der Waals surface area contributed by atoms with Gasteiger partial charge < -0.3 is 16.0 Å². The molecule has 0 aliphatic heterocycles. The minimum absolute atomic E-state index is 0.0449. The van der Waals surface area contributed by atoms with Gasteiger partial charge in [-0.25, -0.2) is 0 Å². The van der Waals surface area contributed by atoms with Crippen LogP contribution in [0.25, 0.3) is 0 Å². The number of benzene rings is 1. The van der Waals surface area contributed by atoms with E-state index in [0.717, 1.165) is 12.0 Å². The van der Waals surface area contributed by atoms with Gasteiger partial charge in [-0.3, -0.25) is 14.4 Å². The molecule has 1 aromatic rings. The van der Waals surface area contributed by atoms with Crippen LogP contribution in [0.5, 0.6) is 0 Å². The van der Waals surface area contributed by atoms with Crippen LogP contribution in [0, 0.1) is 12.8 Å². The largest absolute Gasteiger partial charge is 0.352 e. The van der Waals surface area contributed by atoms with Gasteiger partial charge in [-0.15, -0.1) is 0 Å². The third-order valence-corrected chi connectivity index (χ3v) is 4.38. The van der Waals surface area contributed by atoms with Crippen molar-refractivity contribution in [1.82, 2.24) is 16.0 Å². The summed E-state index contributed by atoms with van der Waals surface area (Å²) < 4.78 is 0. The summed E-state index contributed by atoms with van der Waals surface area (Å²) in [6.07, 6.45) is 0.813. The molecule has 0 aliphatic rings. The smallest absolute Gasteiger partial charge is 0.252 e. The van der Waals surface area contributed by atoms with E-state index in [2.05, 4.69) is 16.0 Å². The van der Waals surface area contributed by atoms with E-state index in [-0.39, 0.29) is 29.7 Å².